The first kappa shape index (κ1) is 12.8. The van der Waals surface area contributed by atoms with Gasteiger partial charge in [0.15, 0.2) is 0 Å². The van der Waals surface area contributed by atoms with Crippen LogP contribution in [0.5, 0.6) is 0 Å². The number of nitrogen functional groups attached to an aromatic ring is 1. The smallest absolute Gasteiger partial charge is 0.142 e. The van der Waals surface area contributed by atoms with E-state index in [0.717, 1.165) is 24.2 Å². The van der Waals surface area contributed by atoms with Crippen LogP contribution in [-0.4, -0.2) is 20.4 Å². The van der Waals surface area contributed by atoms with Crippen molar-refractivity contribution in [3.63, 3.8) is 0 Å². The van der Waals surface area contributed by atoms with Crippen molar-refractivity contribution in [3.05, 3.63) is 46.8 Å². The quantitative estimate of drug-likeness (QED) is 0.658. The Morgan fingerprint density at radius 1 is 1.40 bits per heavy atom. The standard InChI is InChI=1S/C15H19N5/c1-10-19-12-6-2-3-7-13(12)20(10)9-11-5-4-8-18-14(11)15(16)17/h4-5,8H,2-3,6-7,9H2,1H3,(H3,16,17). The first-order chi connectivity index (χ1) is 9.66. The molecule has 5 nitrogen and oxygen atoms in total. The fourth-order valence-corrected chi connectivity index (χ4v) is 2.92. The van der Waals surface area contributed by atoms with Gasteiger partial charge in [0.25, 0.3) is 0 Å². The SMILES string of the molecule is Cc1nc2c(n1Cc1cccnc1C(=N)N)CCCC2. The Hall–Kier alpha value is -2.17. The molecule has 2 aromatic rings. The average molecular weight is 269 g/mol. The van der Waals surface area contributed by atoms with E-state index in [1.807, 2.05) is 19.1 Å². The van der Waals surface area contributed by atoms with Gasteiger partial charge in [-0.05, 0) is 38.7 Å². The van der Waals surface area contributed by atoms with Crippen molar-refractivity contribution in [2.45, 2.75) is 39.2 Å². The molecule has 20 heavy (non-hydrogen) atoms. The van der Waals surface area contributed by atoms with Crippen molar-refractivity contribution in [2.24, 2.45) is 5.73 Å². The number of amidine groups is 1. The maximum atomic E-state index is 7.64. The van der Waals surface area contributed by atoms with Crippen molar-refractivity contribution < 1.29 is 0 Å². The first-order valence-electron chi connectivity index (χ1n) is 7.00. The van der Waals surface area contributed by atoms with Gasteiger partial charge in [-0.3, -0.25) is 10.4 Å². The third kappa shape index (κ3) is 2.19. The van der Waals surface area contributed by atoms with E-state index in [1.165, 1.54) is 24.2 Å². The number of hydrogen-bond acceptors (Lipinski definition) is 3. The predicted octanol–water partition coefficient (Wildman–Crippen LogP) is 1.80. The molecule has 0 atom stereocenters. The first-order valence-corrected chi connectivity index (χ1v) is 7.00. The third-order valence-electron chi connectivity index (χ3n) is 3.90. The molecule has 3 N–H and O–H groups in total. The van der Waals surface area contributed by atoms with Gasteiger partial charge in [-0.15, -0.1) is 0 Å². The maximum Gasteiger partial charge on any atom is 0.142 e. The lowest BCUT2D eigenvalue weighted by molar-refractivity contribution is 0.623. The molecule has 0 bridgehead atoms. The Kier molecular flexibility index (Phi) is 3.26. The van der Waals surface area contributed by atoms with Crippen molar-refractivity contribution in [1.29, 1.82) is 5.41 Å². The van der Waals surface area contributed by atoms with E-state index in [9.17, 15) is 0 Å². The Morgan fingerprint density at radius 2 is 2.20 bits per heavy atom. The van der Waals surface area contributed by atoms with Gasteiger partial charge in [0, 0.05) is 17.5 Å². The second-order valence-corrected chi connectivity index (χ2v) is 5.27. The number of nitrogens with one attached hydrogen (secondary N) is 1. The summed E-state index contributed by atoms with van der Waals surface area (Å²) < 4.78 is 2.25. The summed E-state index contributed by atoms with van der Waals surface area (Å²) in [6.07, 6.45) is 6.30. The van der Waals surface area contributed by atoms with Crippen molar-refractivity contribution in [1.82, 2.24) is 14.5 Å². The van der Waals surface area contributed by atoms with Crippen LogP contribution < -0.4 is 5.73 Å². The third-order valence-corrected chi connectivity index (χ3v) is 3.90. The molecule has 2 aromatic heterocycles. The van der Waals surface area contributed by atoms with E-state index >= 15 is 0 Å². The number of aromatic nitrogens is 3. The number of hydrogen-bond donors (Lipinski definition) is 2. The molecule has 0 saturated carbocycles. The normalized spacial score (nSPS) is 14.1. The van der Waals surface area contributed by atoms with Crippen LogP contribution >= 0.6 is 0 Å². The molecule has 0 spiro atoms. The van der Waals surface area contributed by atoms with Gasteiger partial charge in [-0.25, -0.2) is 4.98 Å². The summed E-state index contributed by atoms with van der Waals surface area (Å²) in [5, 5.41) is 7.64. The van der Waals surface area contributed by atoms with Crippen LogP contribution in [0.4, 0.5) is 0 Å². The van der Waals surface area contributed by atoms with Crippen LogP contribution in [0.1, 0.15) is 41.3 Å². The van der Waals surface area contributed by atoms with Gasteiger partial charge >= 0.3 is 0 Å². The van der Waals surface area contributed by atoms with Gasteiger partial charge in [0.1, 0.15) is 17.4 Å². The minimum Gasteiger partial charge on any atom is -0.382 e. The molecule has 0 fully saturated rings. The Labute approximate surface area is 118 Å². The monoisotopic (exact) mass is 269 g/mol. The molecule has 0 unspecified atom stereocenters. The molecule has 0 radical (unpaired) electrons. The fraction of sp³-hybridized carbons (Fsp3) is 0.400. The highest BCUT2D eigenvalue weighted by atomic mass is 15.1. The topological polar surface area (TPSA) is 80.6 Å². The summed E-state index contributed by atoms with van der Waals surface area (Å²) in [6.45, 7) is 2.74. The van der Waals surface area contributed by atoms with E-state index < -0.39 is 0 Å². The number of nitrogens with two attached hydrogens (primary N) is 1. The Morgan fingerprint density at radius 3 is 3.00 bits per heavy atom. The van der Waals surface area contributed by atoms with E-state index in [0.29, 0.717) is 12.2 Å². The van der Waals surface area contributed by atoms with Crippen LogP contribution in [0, 0.1) is 12.3 Å². The van der Waals surface area contributed by atoms with Gasteiger partial charge in [-0.2, -0.15) is 0 Å². The average Bonchev–Trinajstić information content (AvgIpc) is 2.76. The maximum absolute atomic E-state index is 7.64. The molecule has 0 aromatic carbocycles. The number of rotatable bonds is 3. The van der Waals surface area contributed by atoms with Crippen molar-refractivity contribution >= 4 is 5.84 Å². The summed E-state index contributed by atoms with van der Waals surface area (Å²) in [5.41, 5.74) is 9.75. The molecule has 2 heterocycles. The highest BCUT2D eigenvalue weighted by Gasteiger charge is 2.19. The van der Waals surface area contributed by atoms with Crippen molar-refractivity contribution in [2.75, 3.05) is 0 Å². The van der Waals surface area contributed by atoms with E-state index in [-0.39, 0.29) is 5.84 Å². The zero-order chi connectivity index (χ0) is 14.1. The van der Waals surface area contributed by atoms with Gasteiger partial charge in [-0.1, -0.05) is 6.07 Å². The molecule has 1 aliphatic carbocycles. The number of aryl methyl sites for hydroxylation is 2. The summed E-state index contributed by atoms with van der Waals surface area (Å²) in [6, 6.07) is 3.87. The zero-order valence-corrected chi connectivity index (χ0v) is 11.7. The number of pyridine rings is 1. The predicted molar refractivity (Wildman–Crippen MR) is 78.0 cm³/mol. The number of nitrogens with zero attached hydrogens (tertiary/aromatic N) is 3. The minimum absolute atomic E-state index is 0.0206. The summed E-state index contributed by atoms with van der Waals surface area (Å²) in [7, 11) is 0. The van der Waals surface area contributed by atoms with Crippen LogP contribution in [0.3, 0.4) is 0 Å². The lowest BCUT2D eigenvalue weighted by Crippen LogP contribution is -2.18. The number of imidazole rings is 1. The van der Waals surface area contributed by atoms with Crippen LogP contribution in [-0.2, 0) is 19.4 Å². The molecule has 5 heteroatoms. The molecule has 0 amide bonds. The summed E-state index contributed by atoms with van der Waals surface area (Å²) in [5.74, 6) is 1.06. The molecular weight excluding hydrogens is 250 g/mol. The lowest BCUT2D eigenvalue weighted by atomic mass is 10.0. The largest absolute Gasteiger partial charge is 0.382 e. The molecule has 3 rings (SSSR count). The van der Waals surface area contributed by atoms with Crippen LogP contribution in [0.2, 0.25) is 0 Å². The van der Waals surface area contributed by atoms with Gasteiger partial charge < -0.3 is 10.3 Å². The lowest BCUT2D eigenvalue weighted by Gasteiger charge is -2.16. The molecular formula is C15H19N5. The Bertz CT molecular complexity index is 656. The molecule has 0 aliphatic heterocycles. The highest BCUT2D eigenvalue weighted by molar-refractivity contribution is 5.94. The van der Waals surface area contributed by atoms with Crippen LogP contribution in [0.25, 0.3) is 0 Å². The van der Waals surface area contributed by atoms with Gasteiger partial charge in [0.05, 0.1) is 12.2 Å². The second kappa shape index (κ2) is 5.07. The van der Waals surface area contributed by atoms with Gasteiger partial charge in [0.2, 0.25) is 0 Å². The Balaban J connectivity index is 2.00. The highest BCUT2D eigenvalue weighted by Crippen LogP contribution is 2.23. The van der Waals surface area contributed by atoms with E-state index in [4.69, 9.17) is 11.1 Å². The number of fused-ring (bicyclic) bond motifs is 1. The second-order valence-electron chi connectivity index (χ2n) is 5.27. The van der Waals surface area contributed by atoms with E-state index in [1.54, 1.807) is 6.20 Å². The summed E-state index contributed by atoms with van der Waals surface area (Å²) >= 11 is 0. The molecule has 104 valence electrons. The molecule has 0 saturated heterocycles. The minimum atomic E-state index is 0.0206. The summed E-state index contributed by atoms with van der Waals surface area (Å²) in [4.78, 5) is 8.90. The zero-order valence-electron chi connectivity index (χ0n) is 11.7. The van der Waals surface area contributed by atoms with E-state index in [2.05, 4.69) is 14.5 Å². The van der Waals surface area contributed by atoms with Crippen molar-refractivity contribution in [3.8, 4) is 0 Å². The fourth-order valence-electron chi connectivity index (χ4n) is 2.92. The van der Waals surface area contributed by atoms with Crippen LogP contribution in [0.15, 0.2) is 18.3 Å². The molecule has 1 aliphatic rings.